The van der Waals surface area contributed by atoms with Gasteiger partial charge in [0.2, 0.25) is 11.8 Å². The molecule has 2 aromatic rings. The molecule has 6 heteroatoms. The van der Waals surface area contributed by atoms with Crippen molar-refractivity contribution in [3.8, 4) is 6.07 Å². The molecule has 0 saturated heterocycles. The number of nitriles is 1. The summed E-state index contributed by atoms with van der Waals surface area (Å²) in [4.78, 5) is 23.1. The Morgan fingerprint density at radius 1 is 1.04 bits per heavy atom. The van der Waals surface area contributed by atoms with E-state index in [9.17, 15) is 14.0 Å². The van der Waals surface area contributed by atoms with Crippen LogP contribution < -0.4 is 10.6 Å². The Morgan fingerprint density at radius 2 is 1.75 bits per heavy atom. The van der Waals surface area contributed by atoms with Crippen LogP contribution in [0.25, 0.3) is 0 Å². The number of halogens is 1. The molecule has 2 amide bonds. The molecule has 0 unspecified atom stereocenters. The van der Waals surface area contributed by atoms with Gasteiger partial charge in [-0.3, -0.25) is 9.59 Å². The van der Waals surface area contributed by atoms with E-state index in [0.717, 1.165) is 5.56 Å². The first-order valence-corrected chi connectivity index (χ1v) is 7.34. The normalized spacial score (nSPS) is 9.83. The van der Waals surface area contributed by atoms with E-state index in [0.29, 0.717) is 17.8 Å². The summed E-state index contributed by atoms with van der Waals surface area (Å²) in [5.41, 5.74) is 1.78. The lowest BCUT2D eigenvalue weighted by molar-refractivity contribution is -0.120. The van der Waals surface area contributed by atoms with Crippen LogP contribution >= 0.6 is 0 Å². The second kappa shape index (κ2) is 8.44. The monoisotopic (exact) mass is 325 g/mol. The van der Waals surface area contributed by atoms with E-state index in [2.05, 4.69) is 10.6 Å². The summed E-state index contributed by atoms with van der Waals surface area (Å²) >= 11 is 0. The van der Waals surface area contributed by atoms with E-state index in [4.69, 9.17) is 5.26 Å². The van der Waals surface area contributed by atoms with Crippen molar-refractivity contribution in [2.75, 3.05) is 5.32 Å². The van der Waals surface area contributed by atoms with Gasteiger partial charge in [-0.2, -0.15) is 5.26 Å². The number of nitrogens with one attached hydrogen (secondary N) is 2. The van der Waals surface area contributed by atoms with Crippen molar-refractivity contribution in [3.05, 3.63) is 65.5 Å². The lowest BCUT2D eigenvalue weighted by Crippen LogP contribution is -2.24. The summed E-state index contributed by atoms with van der Waals surface area (Å²) in [7, 11) is 0. The minimum atomic E-state index is -0.398. The molecule has 0 heterocycles. The van der Waals surface area contributed by atoms with Crippen molar-refractivity contribution >= 4 is 17.5 Å². The highest BCUT2D eigenvalue weighted by Crippen LogP contribution is 2.10. The Morgan fingerprint density at radius 3 is 2.42 bits per heavy atom. The maximum atomic E-state index is 13.5. The quantitative estimate of drug-likeness (QED) is 0.856. The smallest absolute Gasteiger partial charge is 0.238 e. The van der Waals surface area contributed by atoms with Crippen LogP contribution in [0.3, 0.4) is 0 Å². The van der Waals surface area contributed by atoms with Crippen LogP contribution in [0.5, 0.6) is 0 Å². The summed E-state index contributed by atoms with van der Waals surface area (Å²) in [6.07, 6.45) is -0.219. The average molecular weight is 325 g/mol. The molecule has 122 valence electrons. The number of benzene rings is 2. The molecule has 2 rings (SSSR count). The molecule has 2 aromatic carbocycles. The molecule has 0 aromatic heterocycles. The molecule has 0 spiro atoms. The molecular weight excluding hydrogens is 309 g/mol. The number of amides is 2. The lowest BCUT2D eigenvalue weighted by atomic mass is 10.1. The Bertz CT molecular complexity index is 767. The second-order valence-corrected chi connectivity index (χ2v) is 5.12. The molecule has 24 heavy (non-hydrogen) atoms. The molecule has 0 aliphatic rings. The van der Waals surface area contributed by atoms with Gasteiger partial charge in [0, 0.05) is 12.2 Å². The molecule has 0 atom stereocenters. The van der Waals surface area contributed by atoms with Crippen molar-refractivity contribution < 1.29 is 14.0 Å². The van der Waals surface area contributed by atoms with E-state index < -0.39 is 5.82 Å². The fraction of sp³-hybridized carbons (Fsp3) is 0.167. The molecule has 0 saturated carbocycles. The molecule has 0 bridgehead atoms. The van der Waals surface area contributed by atoms with Crippen molar-refractivity contribution in [1.29, 1.82) is 5.26 Å². The lowest BCUT2D eigenvalue weighted by Gasteiger charge is -2.08. The molecule has 2 N–H and O–H groups in total. The van der Waals surface area contributed by atoms with Gasteiger partial charge < -0.3 is 10.6 Å². The first-order chi connectivity index (χ1) is 11.6. The molecule has 0 aliphatic heterocycles. The highest BCUT2D eigenvalue weighted by atomic mass is 19.1. The summed E-state index contributed by atoms with van der Waals surface area (Å²) < 4.78 is 13.5. The van der Waals surface area contributed by atoms with Gasteiger partial charge in [0.25, 0.3) is 0 Å². The highest BCUT2D eigenvalue weighted by Gasteiger charge is 2.07. The molecule has 0 radical (unpaired) electrons. The Labute approximate surface area is 139 Å². The number of carbonyl (C=O) groups excluding carboxylic acids is 2. The van der Waals surface area contributed by atoms with Gasteiger partial charge in [-0.15, -0.1) is 0 Å². The van der Waals surface area contributed by atoms with E-state index in [1.165, 1.54) is 6.07 Å². The zero-order valence-electron chi connectivity index (χ0n) is 12.9. The van der Waals surface area contributed by atoms with Crippen LogP contribution in [-0.4, -0.2) is 11.8 Å². The Hall–Kier alpha value is -3.20. The number of hydrogen-bond acceptors (Lipinski definition) is 3. The van der Waals surface area contributed by atoms with Gasteiger partial charge >= 0.3 is 0 Å². The summed E-state index contributed by atoms with van der Waals surface area (Å²) in [5, 5.41) is 13.7. The summed E-state index contributed by atoms with van der Waals surface area (Å²) in [6, 6.07) is 14.8. The van der Waals surface area contributed by atoms with Gasteiger partial charge in [-0.25, -0.2) is 4.39 Å². The standard InChI is InChI=1S/C18H16FN3O2/c19-16-4-2-1-3-14(16)11-18(24)21-12-13-5-7-15(8-6-13)22-17(23)9-10-20/h1-8H,9,11-12H2,(H,21,24)(H,22,23). The number of carbonyl (C=O) groups is 2. The van der Waals surface area contributed by atoms with Crippen LogP contribution in [0.2, 0.25) is 0 Å². The van der Waals surface area contributed by atoms with E-state index in [1.807, 2.05) is 0 Å². The van der Waals surface area contributed by atoms with Gasteiger partial charge in [0.15, 0.2) is 0 Å². The first-order valence-electron chi connectivity index (χ1n) is 7.34. The van der Waals surface area contributed by atoms with Crippen molar-refractivity contribution in [1.82, 2.24) is 5.32 Å². The maximum Gasteiger partial charge on any atom is 0.238 e. The second-order valence-electron chi connectivity index (χ2n) is 5.12. The van der Waals surface area contributed by atoms with Crippen molar-refractivity contribution in [2.24, 2.45) is 0 Å². The average Bonchev–Trinajstić information content (AvgIpc) is 2.56. The van der Waals surface area contributed by atoms with Gasteiger partial charge in [0.1, 0.15) is 12.2 Å². The number of rotatable bonds is 6. The van der Waals surface area contributed by atoms with E-state index >= 15 is 0 Å². The fourth-order valence-corrected chi connectivity index (χ4v) is 2.06. The number of hydrogen-bond donors (Lipinski definition) is 2. The maximum absolute atomic E-state index is 13.5. The van der Waals surface area contributed by atoms with Crippen molar-refractivity contribution in [2.45, 2.75) is 19.4 Å². The van der Waals surface area contributed by atoms with E-state index in [1.54, 1.807) is 48.5 Å². The molecule has 0 aliphatic carbocycles. The first kappa shape index (κ1) is 17.2. The molecule has 0 fully saturated rings. The number of nitrogens with zero attached hydrogens (tertiary/aromatic N) is 1. The SMILES string of the molecule is N#CCC(=O)Nc1ccc(CNC(=O)Cc2ccccc2F)cc1. The fourth-order valence-electron chi connectivity index (χ4n) is 2.06. The zero-order valence-corrected chi connectivity index (χ0v) is 12.9. The predicted molar refractivity (Wildman–Crippen MR) is 87.3 cm³/mol. The third kappa shape index (κ3) is 5.21. The molecular formula is C18H16FN3O2. The highest BCUT2D eigenvalue weighted by molar-refractivity contribution is 5.92. The van der Waals surface area contributed by atoms with E-state index in [-0.39, 0.29) is 24.7 Å². The third-order valence-corrected chi connectivity index (χ3v) is 3.28. The minimum Gasteiger partial charge on any atom is -0.352 e. The van der Waals surface area contributed by atoms with Crippen LogP contribution in [0, 0.1) is 17.1 Å². The van der Waals surface area contributed by atoms with Crippen molar-refractivity contribution in [3.63, 3.8) is 0 Å². The van der Waals surface area contributed by atoms with Crippen LogP contribution in [0.1, 0.15) is 17.5 Å². The predicted octanol–water partition coefficient (Wildman–Crippen LogP) is 2.54. The minimum absolute atomic E-state index is 0.0189. The molecule has 5 nitrogen and oxygen atoms in total. The largest absolute Gasteiger partial charge is 0.352 e. The summed E-state index contributed by atoms with van der Waals surface area (Å²) in [6.45, 7) is 0.305. The third-order valence-electron chi connectivity index (χ3n) is 3.28. The van der Waals surface area contributed by atoms with Gasteiger partial charge in [-0.05, 0) is 29.3 Å². The zero-order chi connectivity index (χ0) is 17.4. The van der Waals surface area contributed by atoms with Gasteiger partial charge in [0.05, 0.1) is 12.5 Å². The summed E-state index contributed by atoms with van der Waals surface area (Å²) in [5.74, 6) is -1.04. The Kier molecular flexibility index (Phi) is 6.03. The van der Waals surface area contributed by atoms with Crippen LogP contribution in [0.4, 0.5) is 10.1 Å². The Balaban J connectivity index is 1.84. The van der Waals surface area contributed by atoms with Gasteiger partial charge in [-0.1, -0.05) is 30.3 Å². The number of anilines is 1. The van der Waals surface area contributed by atoms with Crippen LogP contribution in [-0.2, 0) is 22.6 Å². The topological polar surface area (TPSA) is 82.0 Å². The van der Waals surface area contributed by atoms with Crippen LogP contribution in [0.15, 0.2) is 48.5 Å².